The Labute approximate surface area is 151 Å². The van der Waals surface area contributed by atoms with Crippen LogP contribution in [0.4, 0.5) is 8.78 Å². The number of piperidine rings is 1. The molecule has 1 heterocycles. The van der Waals surface area contributed by atoms with Crippen LogP contribution in [-0.4, -0.2) is 58.7 Å². The molecule has 1 aromatic rings. The van der Waals surface area contributed by atoms with Crippen LogP contribution < -0.4 is 5.32 Å². The summed E-state index contributed by atoms with van der Waals surface area (Å²) in [6.07, 6.45) is 2.23. The number of amides is 1. The van der Waals surface area contributed by atoms with Gasteiger partial charge in [0.15, 0.2) is 0 Å². The first-order chi connectivity index (χ1) is 12.0. The summed E-state index contributed by atoms with van der Waals surface area (Å²) in [5, 5.41) is 2.56. The largest absolute Gasteiger partial charge is 0.352 e. The standard InChI is InChI=1S/C15H20F2N2O5S2/c1-25(21,22)19-8-6-11(7-9-19)10-18-14(20)12-4-2-3-5-13(12)26(23,24)15(16)17/h2-5,11,15H,6-10H2,1H3,(H,18,20). The molecule has 26 heavy (non-hydrogen) atoms. The summed E-state index contributed by atoms with van der Waals surface area (Å²) in [4.78, 5) is 11.6. The Bertz CT molecular complexity index is 864. The number of halogens is 2. The van der Waals surface area contributed by atoms with Gasteiger partial charge in [0.25, 0.3) is 5.91 Å². The second-order valence-electron chi connectivity index (χ2n) is 6.12. The molecule has 0 bridgehead atoms. The molecule has 0 aliphatic carbocycles. The van der Waals surface area contributed by atoms with Gasteiger partial charge in [-0.1, -0.05) is 12.1 Å². The van der Waals surface area contributed by atoms with Gasteiger partial charge in [0, 0.05) is 19.6 Å². The Morgan fingerprint density at radius 3 is 2.31 bits per heavy atom. The third-order valence-corrected chi connectivity index (χ3v) is 7.01. The fourth-order valence-corrected chi connectivity index (χ4v) is 4.58. The van der Waals surface area contributed by atoms with E-state index in [1.807, 2.05) is 0 Å². The van der Waals surface area contributed by atoms with Gasteiger partial charge in [0.2, 0.25) is 19.9 Å². The Kier molecular flexibility index (Phi) is 6.35. The van der Waals surface area contributed by atoms with Crippen molar-refractivity contribution in [2.45, 2.75) is 23.5 Å². The Morgan fingerprint density at radius 1 is 1.19 bits per heavy atom. The third kappa shape index (κ3) is 4.77. The smallest absolute Gasteiger partial charge is 0.341 e. The van der Waals surface area contributed by atoms with Gasteiger partial charge in [-0.05, 0) is 30.9 Å². The molecule has 1 aromatic carbocycles. The fourth-order valence-electron chi connectivity index (χ4n) is 2.78. The highest BCUT2D eigenvalue weighted by atomic mass is 32.2. The number of rotatable bonds is 6. The van der Waals surface area contributed by atoms with E-state index in [0.717, 1.165) is 12.3 Å². The molecule has 0 atom stereocenters. The lowest BCUT2D eigenvalue weighted by Crippen LogP contribution is -2.41. The minimum Gasteiger partial charge on any atom is -0.352 e. The number of alkyl halides is 2. The van der Waals surface area contributed by atoms with Crippen molar-refractivity contribution in [2.24, 2.45) is 5.92 Å². The van der Waals surface area contributed by atoms with E-state index in [4.69, 9.17) is 0 Å². The molecule has 1 aliphatic heterocycles. The molecule has 0 spiro atoms. The summed E-state index contributed by atoms with van der Waals surface area (Å²) in [6.45, 7) is 0.894. The van der Waals surface area contributed by atoms with E-state index in [0.29, 0.717) is 25.9 Å². The normalized spacial score (nSPS) is 17.4. The van der Waals surface area contributed by atoms with Gasteiger partial charge in [0.05, 0.1) is 16.7 Å². The zero-order chi connectivity index (χ0) is 19.5. The number of benzene rings is 1. The van der Waals surface area contributed by atoms with Crippen molar-refractivity contribution in [1.82, 2.24) is 9.62 Å². The van der Waals surface area contributed by atoms with Crippen LogP contribution in [0.15, 0.2) is 29.2 Å². The Morgan fingerprint density at radius 2 is 1.77 bits per heavy atom. The highest BCUT2D eigenvalue weighted by Crippen LogP contribution is 2.23. The van der Waals surface area contributed by atoms with Crippen LogP contribution in [0, 0.1) is 5.92 Å². The third-order valence-electron chi connectivity index (χ3n) is 4.27. The van der Waals surface area contributed by atoms with Gasteiger partial charge in [-0.2, -0.15) is 8.78 Å². The van der Waals surface area contributed by atoms with Crippen LogP contribution in [0.2, 0.25) is 0 Å². The molecule has 146 valence electrons. The van der Waals surface area contributed by atoms with Gasteiger partial charge < -0.3 is 5.32 Å². The number of nitrogens with one attached hydrogen (secondary N) is 1. The lowest BCUT2D eigenvalue weighted by atomic mass is 9.98. The number of nitrogens with zero attached hydrogens (tertiary/aromatic N) is 1. The number of sulfone groups is 1. The maximum absolute atomic E-state index is 12.8. The zero-order valence-electron chi connectivity index (χ0n) is 14.1. The molecule has 1 N–H and O–H groups in total. The molecule has 1 aliphatic rings. The fraction of sp³-hybridized carbons (Fsp3) is 0.533. The van der Waals surface area contributed by atoms with Crippen molar-refractivity contribution >= 4 is 25.8 Å². The molecular weight excluding hydrogens is 390 g/mol. The Balaban J connectivity index is 2.02. The van der Waals surface area contributed by atoms with Crippen LogP contribution in [0.5, 0.6) is 0 Å². The SMILES string of the molecule is CS(=O)(=O)N1CCC(CNC(=O)c2ccccc2S(=O)(=O)C(F)F)CC1. The van der Waals surface area contributed by atoms with Gasteiger partial charge in [-0.25, -0.2) is 21.1 Å². The predicted molar refractivity (Wildman–Crippen MR) is 91.1 cm³/mol. The summed E-state index contributed by atoms with van der Waals surface area (Å²) in [7, 11) is -8.13. The molecule has 0 saturated carbocycles. The summed E-state index contributed by atoms with van der Waals surface area (Å²) in [6, 6.07) is 4.81. The molecule has 7 nitrogen and oxygen atoms in total. The minimum absolute atomic E-state index is 0.0239. The van der Waals surface area contributed by atoms with E-state index in [2.05, 4.69) is 5.32 Å². The molecule has 0 unspecified atom stereocenters. The number of carbonyl (C=O) groups excluding carboxylic acids is 1. The average Bonchev–Trinajstić information content (AvgIpc) is 2.59. The van der Waals surface area contributed by atoms with Crippen molar-refractivity contribution in [3.05, 3.63) is 29.8 Å². The van der Waals surface area contributed by atoms with Crippen LogP contribution in [0.25, 0.3) is 0 Å². The van der Waals surface area contributed by atoms with Gasteiger partial charge >= 0.3 is 5.76 Å². The van der Waals surface area contributed by atoms with E-state index in [1.54, 1.807) is 0 Å². The van der Waals surface area contributed by atoms with Gasteiger partial charge in [-0.3, -0.25) is 4.79 Å². The molecule has 1 fully saturated rings. The first kappa shape index (κ1) is 20.7. The molecule has 1 amide bonds. The van der Waals surface area contributed by atoms with Crippen LogP contribution in [0.1, 0.15) is 23.2 Å². The summed E-state index contributed by atoms with van der Waals surface area (Å²) < 4.78 is 73.3. The lowest BCUT2D eigenvalue weighted by molar-refractivity contribution is 0.0938. The summed E-state index contributed by atoms with van der Waals surface area (Å²) in [5.74, 6) is -4.34. The topological polar surface area (TPSA) is 101 Å². The van der Waals surface area contributed by atoms with Crippen molar-refractivity contribution in [2.75, 3.05) is 25.9 Å². The lowest BCUT2D eigenvalue weighted by Gasteiger charge is -2.30. The van der Waals surface area contributed by atoms with Crippen molar-refractivity contribution in [3.8, 4) is 0 Å². The highest BCUT2D eigenvalue weighted by molar-refractivity contribution is 7.91. The highest BCUT2D eigenvalue weighted by Gasteiger charge is 2.31. The predicted octanol–water partition coefficient (Wildman–Crippen LogP) is 1.08. The van der Waals surface area contributed by atoms with Crippen molar-refractivity contribution < 1.29 is 30.4 Å². The maximum atomic E-state index is 12.8. The maximum Gasteiger partial charge on any atom is 0.341 e. The van der Waals surface area contributed by atoms with Crippen LogP contribution in [-0.2, 0) is 19.9 Å². The van der Waals surface area contributed by atoms with Crippen LogP contribution in [0.3, 0.4) is 0 Å². The second-order valence-corrected chi connectivity index (χ2v) is 9.99. The number of sulfonamides is 1. The molecule has 1 saturated heterocycles. The van der Waals surface area contributed by atoms with E-state index < -0.39 is 36.4 Å². The average molecular weight is 410 g/mol. The minimum atomic E-state index is -4.89. The molecule has 0 aromatic heterocycles. The molecular formula is C15H20F2N2O5S2. The molecule has 11 heteroatoms. The second kappa shape index (κ2) is 7.97. The van der Waals surface area contributed by atoms with E-state index in [-0.39, 0.29) is 18.0 Å². The van der Waals surface area contributed by atoms with Crippen molar-refractivity contribution in [3.63, 3.8) is 0 Å². The molecule has 0 radical (unpaired) electrons. The van der Waals surface area contributed by atoms with E-state index >= 15 is 0 Å². The van der Waals surface area contributed by atoms with Crippen LogP contribution >= 0.6 is 0 Å². The number of carbonyl (C=O) groups is 1. The first-order valence-corrected chi connectivity index (χ1v) is 11.3. The van der Waals surface area contributed by atoms with Gasteiger partial charge in [0.1, 0.15) is 0 Å². The van der Waals surface area contributed by atoms with Gasteiger partial charge in [-0.15, -0.1) is 0 Å². The summed E-state index contributed by atoms with van der Waals surface area (Å²) >= 11 is 0. The summed E-state index contributed by atoms with van der Waals surface area (Å²) in [5.41, 5.74) is -0.332. The number of hydrogen-bond donors (Lipinski definition) is 1. The molecule has 2 rings (SSSR count). The Hall–Kier alpha value is -1.59. The number of hydrogen-bond acceptors (Lipinski definition) is 5. The zero-order valence-corrected chi connectivity index (χ0v) is 15.7. The quantitative estimate of drug-likeness (QED) is 0.757. The monoisotopic (exact) mass is 410 g/mol. The van der Waals surface area contributed by atoms with Crippen molar-refractivity contribution in [1.29, 1.82) is 0 Å². The first-order valence-electron chi connectivity index (χ1n) is 7.88. The van der Waals surface area contributed by atoms with E-state index in [9.17, 15) is 30.4 Å². The van der Waals surface area contributed by atoms with E-state index in [1.165, 1.54) is 22.5 Å².